The van der Waals surface area contributed by atoms with Gasteiger partial charge in [-0.05, 0) is 50.4 Å². The van der Waals surface area contributed by atoms with Crippen molar-refractivity contribution in [1.82, 2.24) is 4.90 Å². The summed E-state index contributed by atoms with van der Waals surface area (Å²) in [6, 6.07) is 0. The Balaban J connectivity index is 1.79. The monoisotopic (exact) mass is 257 g/mol. The fourth-order valence-corrected chi connectivity index (χ4v) is 3.81. The van der Waals surface area contributed by atoms with Crippen molar-refractivity contribution in [3.63, 3.8) is 0 Å². The maximum absolute atomic E-state index is 12.2. The van der Waals surface area contributed by atoms with Crippen LogP contribution < -0.4 is 0 Å². The molecule has 98 valence electrons. The predicted octanol–water partition coefficient (Wildman–Crippen LogP) is 3.29. The first-order chi connectivity index (χ1) is 8.24. The van der Waals surface area contributed by atoms with Gasteiger partial charge in [-0.3, -0.25) is 4.79 Å². The molecular weight excluding hydrogens is 234 g/mol. The minimum atomic E-state index is 0.357. The second kappa shape index (κ2) is 6.08. The van der Waals surface area contributed by atoms with Gasteiger partial charge in [0.1, 0.15) is 0 Å². The first-order valence-electron chi connectivity index (χ1n) is 7.08. The molecule has 2 aliphatic rings. The number of hydrogen-bond donors (Lipinski definition) is 0. The number of hydrogen-bond acceptors (Lipinski definition) is 1. The van der Waals surface area contributed by atoms with E-state index in [0.29, 0.717) is 17.7 Å². The van der Waals surface area contributed by atoms with E-state index in [1.54, 1.807) is 0 Å². The average Bonchev–Trinajstić information content (AvgIpc) is 2.92. The lowest BCUT2D eigenvalue weighted by molar-refractivity contribution is -0.132. The van der Waals surface area contributed by atoms with Crippen LogP contribution in [-0.2, 0) is 4.79 Å². The minimum absolute atomic E-state index is 0.357. The van der Waals surface area contributed by atoms with Crippen LogP contribution in [0.15, 0.2) is 0 Å². The summed E-state index contributed by atoms with van der Waals surface area (Å²) < 4.78 is 0. The van der Waals surface area contributed by atoms with Crippen LogP contribution in [0.4, 0.5) is 0 Å². The Labute approximate surface area is 110 Å². The third-order valence-electron chi connectivity index (χ3n) is 4.62. The molecule has 0 aromatic heterocycles. The molecule has 3 heteroatoms. The van der Waals surface area contributed by atoms with Crippen molar-refractivity contribution < 1.29 is 4.79 Å². The third-order valence-corrected chi connectivity index (χ3v) is 4.88. The van der Waals surface area contributed by atoms with Crippen molar-refractivity contribution in [2.75, 3.05) is 19.0 Å². The number of amides is 1. The van der Waals surface area contributed by atoms with E-state index in [1.165, 1.54) is 25.7 Å². The van der Waals surface area contributed by atoms with Crippen molar-refractivity contribution >= 4 is 17.5 Å². The highest BCUT2D eigenvalue weighted by molar-refractivity contribution is 6.17. The Morgan fingerprint density at radius 3 is 2.71 bits per heavy atom. The van der Waals surface area contributed by atoms with E-state index in [0.717, 1.165) is 37.8 Å². The number of carbonyl (C=O) groups is 1. The maximum atomic E-state index is 12.2. The summed E-state index contributed by atoms with van der Waals surface area (Å²) in [6.45, 7) is 3.73. The van der Waals surface area contributed by atoms with Crippen LogP contribution in [-0.4, -0.2) is 29.8 Å². The predicted molar refractivity (Wildman–Crippen MR) is 71.1 cm³/mol. The Bertz CT molecular complexity index is 269. The molecule has 2 rings (SSSR count). The van der Waals surface area contributed by atoms with E-state index in [9.17, 15) is 4.79 Å². The summed E-state index contributed by atoms with van der Waals surface area (Å²) in [6.07, 6.45) is 7.19. The molecule has 2 fully saturated rings. The standard InChI is InChI=1S/C14H24ClNO/c1-2-16(7-3-6-15)14(17)10-13-9-11-4-5-12(13)8-11/h11-13H,2-10H2,1H3. The van der Waals surface area contributed by atoms with Crippen LogP contribution in [0.1, 0.15) is 45.4 Å². The molecule has 0 radical (unpaired) electrons. The molecule has 0 aromatic carbocycles. The molecule has 2 saturated carbocycles. The van der Waals surface area contributed by atoms with Crippen LogP contribution in [0.5, 0.6) is 0 Å². The number of carbonyl (C=O) groups excluding carboxylic acids is 1. The normalized spacial score (nSPS) is 30.8. The van der Waals surface area contributed by atoms with Crippen molar-refractivity contribution in [2.45, 2.75) is 45.4 Å². The Morgan fingerprint density at radius 2 is 2.18 bits per heavy atom. The van der Waals surface area contributed by atoms with Gasteiger partial charge in [-0.15, -0.1) is 11.6 Å². The molecule has 0 spiro atoms. The Kier molecular flexibility index (Phi) is 4.72. The van der Waals surface area contributed by atoms with Gasteiger partial charge in [0, 0.05) is 25.4 Å². The lowest BCUT2D eigenvalue weighted by Crippen LogP contribution is -2.34. The zero-order valence-corrected chi connectivity index (χ0v) is 11.6. The number of rotatable bonds is 6. The first kappa shape index (κ1) is 13.2. The van der Waals surface area contributed by atoms with Gasteiger partial charge in [-0.25, -0.2) is 0 Å². The van der Waals surface area contributed by atoms with E-state index in [4.69, 9.17) is 11.6 Å². The largest absolute Gasteiger partial charge is 0.343 e. The van der Waals surface area contributed by atoms with Gasteiger partial charge < -0.3 is 4.90 Å². The number of alkyl halides is 1. The number of fused-ring (bicyclic) bond motifs is 2. The first-order valence-corrected chi connectivity index (χ1v) is 7.61. The highest BCUT2D eigenvalue weighted by Crippen LogP contribution is 2.49. The molecule has 0 saturated heterocycles. The molecule has 2 bridgehead atoms. The minimum Gasteiger partial charge on any atom is -0.343 e. The second-order valence-electron chi connectivity index (χ2n) is 5.66. The lowest BCUT2D eigenvalue weighted by Gasteiger charge is -2.26. The summed E-state index contributed by atoms with van der Waals surface area (Å²) in [4.78, 5) is 14.2. The molecule has 3 unspecified atom stereocenters. The molecule has 3 atom stereocenters. The zero-order chi connectivity index (χ0) is 12.3. The van der Waals surface area contributed by atoms with Crippen molar-refractivity contribution in [2.24, 2.45) is 17.8 Å². The zero-order valence-electron chi connectivity index (χ0n) is 10.8. The van der Waals surface area contributed by atoms with E-state index in [2.05, 4.69) is 6.92 Å². The van der Waals surface area contributed by atoms with Crippen molar-refractivity contribution in [3.05, 3.63) is 0 Å². The molecule has 2 nitrogen and oxygen atoms in total. The van der Waals surface area contributed by atoms with E-state index >= 15 is 0 Å². The summed E-state index contributed by atoms with van der Waals surface area (Å²) in [5.74, 6) is 3.49. The van der Waals surface area contributed by atoms with Crippen LogP contribution >= 0.6 is 11.6 Å². The third kappa shape index (κ3) is 3.15. The fourth-order valence-electron chi connectivity index (χ4n) is 3.69. The Hall–Kier alpha value is -0.240. The maximum Gasteiger partial charge on any atom is 0.222 e. The van der Waals surface area contributed by atoms with Gasteiger partial charge in [0.05, 0.1) is 0 Å². The summed E-state index contributed by atoms with van der Waals surface area (Å²) in [5.41, 5.74) is 0. The molecule has 1 amide bonds. The average molecular weight is 258 g/mol. The van der Waals surface area contributed by atoms with Crippen LogP contribution in [0.2, 0.25) is 0 Å². The van der Waals surface area contributed by atoms with Crippen LogP contribution in [0.25, 0.3) is 0 Å². The van der Waals surface area contributed by atoms with Gasteiger partial charge in [0.2, 0.25) is 5.91 Å². The topological polar surface area (TPSA) is 20.3 Å². The smallest absolute Gasteiger partial charge is 0.222 e. The van der Waals surface area contributed by atoms with E-state index < -0.39 is 0 Å². The molecule has 0 aliphatic heterocycles. The number of halogens is 1. The van der Waals surface area contributed by atoms with Gasteiger partial charge in [-0.1, -0.05) is 6.42 Å². The van der Waals surface area contributed by atoms with Crippen molar-refractivity contribution in [1.29, 1.82) is 0 Å². The van der Waals surface area contributed by atoms with E-state index in [-0.39, 0.29) is 0 Å². The molecule has 17 heavy (non-hydrogen) atoms. The molecular formula is C14H24ClNO. The summed E-state index contributed by atoms with van der Waals surface area (Å²) in [7, 11) is 0. The highest BCUT2D eigenvalue weighted by atomic mass is 35.5. The summed E-state index contributed by atoms with van der Waals surface area (Å²) >= 11 is 5.69. The second-order valence-corrected chi connectivity index (χ2v) is 6.03. The quantitative estimate of drug-likeness (QED) is 0.669. The fraction of sp³-hybridized carbons (Fsp3) is 0.929. The van der Waals surface area contributed by atoms with Crippen LogP contribution in [0.3, 0.4) is 0 Å². The molecule has 0 N–H and O–H groups in total. The molecule has 0 aromatic rings. The van der Waals surface area contributed by atoms with Crippen LogP contribution in [0, 0.1) is 17.8 Å². The van der Waals surface area contributed by atoms with Gasteiger partial charge in [0.25, 0.3) is 0 Å². The molecule has 2 aliphatic carbocycles. The summed E-state index contributed by atoms with van der Waals surface area (Å²) in [5, 5.41) is 0. The number of nitrogens with zero attached hydrogens (tertiary/aromatic N) is 1. The van der Waals surface area contributed by atoms with Crippen molar-refractivity contribution in [3.8, 4) is 0 Å². The lowest BCUT2D eigenvalue weighted by atomic mass is 9.86. The van der Waals surface area contributed by atoms with Gasteiger partial charge in [0.15, 0.2) is 0 Å². The molecule has 0 heterocycles. The SMILES string of the molecule is CCN(CCCCl)C(=O)CC1CC2CCC1C2. The van der Waals surface area contributed by atoms with E-state index in [1.807, 2.05) is 4.90 Å². The highest BCUT2D eigenvalue weighted by Gasteiger charge is 2.40. The Morgan fingerprint density at radius 1 is 1.35 bits per heavy atom. The van der Waals surface area contributed by atoms with Gasteiger partial charge in [-0.2, -0.15) is 0 Å². The van der Waals surface area contributed by atoms with Gasteiger partial charge >= 0.3 is 0 Å².